The van der Waals surface area contributed by atoms with Crippen LogP contribution in [0.25, 0.3) is 0 Å². The molecule has 0 bridgehead atoms. The fourth-order valence-electron chi connectivity index (χ4n) is 1.76. The maximum atomic E-state index is 12.0. The first-order valence-corrected chi connectivity index (χ1v) is 6.73. The number of hydrogen-bond acceptors (Lipinski definition) is 3. The highest BCUT2D eigenvalue weighted by molar-refractivity contribution is 6.04. The van der Waals surface area contributed by atoms with E-state index in [1.807, 2.05) is 30.3 Å². The van der Waals surface area contributed by atoms with Crippen molar-refractivity contribution in [2.24, 2.45) is 0 Å². The SMILES string of the molecule is CC(C)OC(=O)c1ccc(C(=O)Nc2ccccc2)cc1. The number of esters is 1. The average Bonchev–Trinajstić information content (AvgIpc) is 2.47. The Hall–Kier alpha value is -2.62. The van der Waals surface area contributed by atoms with Crippen molar-refractivity contribution in [1.29, 1.82) is 0 Å². The Morgan fingerprint density at radius 1 is 0.905 bits per heavy atom. The zero-order valence-corrected chi connectivity index (χ0v) is 12.0. The summed E-state index contributed by atoms with van der Waals surface area (Å²) < 4.78 is 5.09. The molecule has 0 aliphatic rings. The van der Waals surface area contributed by atoms with Crippen LogP contribution in [-0.4, -0.2) is 18.0 Å². The summed E-state index contributed by atoms with van der Waals surface area (Å²) in [5.74, 6) is -0.606. The van der Waals surface area contributed by atoms with Gasteiger partial charge in [-0.3, -0.25) is 4.79 Å². The molecule has 4 nitrogen and oxygen atoms in total. The van der Waals surface area contributed by atoms with Gasteiger partial charge in [-0.2, -0.15) is 0 Å². The number of benzene rings is 2. The van der Waals surface area contributed by atoms with Gasteiger partial charge in [0.15, 0.2) is 0 Å². The smallest absolute Gasteiger partial charge is 0.338 e. The zero-order valence-electron chi connectivity index (χ0n) is 12.0. The number of ether oxygens (including phenoxy) is 1. The second kappa shape index (κ2) is 6.70. The molecular weight excluding hydrogens is 266 g/mol. The highest BCUT2D eigenvalue weighted by atomic mass is 16.5. The minimum absolute atomic E-state index is 0.168. The minimum atomic E-state index is -0.389. The Labute approximate surface area is 123 Å². The van der Waals surface area contributed by atoms with Gasteiger partial charge in [-0.25, -0.2) is 4.79 Å². The summed E-state index contributed by atoms with van der Waals surface area (Å²) >= 11 is 0. The lowest BCUT2D eigenvalue weighted by atomic mass is 10.1. The van der Waals surface area contributed by atoms with Crippen molar-refractivity contribution in [2.75, 3.05) is 5.32 Å². The van der Waals surface area contributed by atoms with Crippen LogP contribution in [-0.2, 0) is 4.74 Å². The molecule has 0 atom stereocenters. The van der Waals surface area contributed by atoms with Crippen LogP contribution in [0.3, 0.4) is 0 Å². The van der Waals surface area contributed by atoms with Crippen LogP contribution in [0.2, 0.25) is 0 Å². The second-order valence-corrected chi connectivity index (χ2v) is 4.85. The van der Waals surface area contributed by atoms with E-state index in [2.05, 4.69) is 5.32 Å². The van der Waals surface area contributed by atoms with E-state index in [-0.39, 0.29) is 18.0 Å². The van der Waals surface area contributed by atoms with Gasteiger partial charge in [0.05, 0.1) is 11.7 Å². The maximum Gasteiger partial charge on any atom is 0.338 e. The summed E-state index contributed by atoms with van der Waals surface area (Å²) in [4.78, 5) is 23.8. The summed E-state index contributed by atoms with van der Waals surface area (Å²) in [6, 6.07) is 15.6. The summed E-state index contributed by atoms with van der Waals surface area (Å²) in [5, 5.41) is 2.78. The molecule has 0 aromatic heterocycles. The van der Waals surface area contributed by atoms with Crippen LogP contribution in [0.15, 0.2) is 54.6 Å². The molecule has 0 saturated carbocycles. The van der Waals surface area contributed by atoms with Crippen LogP contribution in [0.4, 0.5) is 5.69 Å². The first-order valence-electron chi connectivity index (χ1n) is 6.73. The predicted octanol–water partition coefficient (Wildman–Crippen LogP) is 3.50. The lowest BCUT2D eigenvalue weighted by molar-refractivity contribution is 0.0377. The van der Waals surface area contributed by atoms with Crippen molar-refractivity contribution in [3.8, 4) is 0 Å². The Kier molecular flexibility index (Phi) is 4.72. The van der Waals surface area contributed by atoms with Crippen molar-refractivity contribution in [1.82, 2.24) is 0 Å². The fraction of sp³-hybridized carbons (Fsp3) is 0.176. The molecule has 0 fully saturated rings. The highest BCUT2D eigenvalue weighted by Gasteiger charge is 2.11. The largest absolute Gasteiger partial charge is 0.459 e. The van der Waals surface area contributed by atoms with Gasteiger partial charge in [0.25, 0.3) is 5.91 Å². The molecule has 4 heteroatoms. The Balaban J connectivity index is 2.05. The van der Waals surface area contributed by atoms with Gasteiger partial charge in [0.2, 0.25) is 0 Å². The number of rotatable bonds is 4. The molecule has 0 aliphatic carbocycles. The van der Waals surface area contributed by atoms with E-state index in [9.17, 15) is 9.59 Å². The van der Waals surface area contributed by atoms with Gasteiger partial charge < -0.3 is 10.1 Å². The van der Waals surface area contributed by atoms with Crippen molar-refractivity contribution in [2.45, 2.75) is 20.0 Å². The summed E-state index contributed by atoms with van der Waals surface area (Å²) in [6.45, 7) is 3.58. The third-order valence-corrected chi connectivity index (χ3v) is 2.76. The first kappa shape index (κ1) is 14.8. The molecule has 0 unspecified atom stereocenters. The zero-order chi connectivity index (χ0) is 15.2. The van der Waals surface area contributed by atoms with Gasteiger partial charge >= 0.3 is 5.97 Å². The first-order chi connectivity index (χ1) is 10.1. The third-order valence-electron chi connectivity index (χ3n) is 2.76. The molecule has 0 saturated heterocycles. The molecule has 1 N–H and O–H groups in total. The summed E-state index contributed by atoms with van der Waals surface area (Å²) in [7, 11) is 0. The molecule has 0 aliphatic heterocycles. The predicted molar refractivity (Wildman–Crippen MR) is 81.4 cm³/mol. The standard InChI is InChI=1S/C17H17NO3/c1-12(2)21-17(20)14-10-8-13(9-11-14)16(19)18-15-6-4-3-5-7-15/h3-12H,1-2H3,(H,18,19). The van der Waals surface area contributed by atoms with Crippen molar-refractivity contribution in [3.63, 3.8) is 0 Å². The van der Waals surface area contributed by atoms with Gasteiger partial charge in [-0.1, -0.05) is 18.2 Å². The van der Waals surface area contributed by atoms with E-state index in [0.29, 0.717) is 11.1 Å². The molecule has 2 rings (SSSR count). The second-order valence-electron chi connectivity index (χ2n) is 4.85. The molecule has 21 heavy (non-hydrogen) atoms. The van der Waals surface area contributed by atoms with Crippen molar-refractivity contribution < 1.29 is 14.3 Å². The number of anilines is 1. The molecule has 2 aromatic carbocycles. The highest BCUT2D eigenvalue weighted by Crippen LogP contribution is 2.11. The third kappa shape index (κ3) is 4.18. The molecule has 1 amide bonds. The van der Waals surface area contributed by atoms with Crippen LogP contribution in [0.5, 0.6) is 0 Å². The molecule has 0 radical (unpaired) electrons. The van der Waals surface area contributed by atoms with E-state index in [0.717, 1.165) is 5.69 Å². The Morgan fingerprint density at radius 2 is 1.48 bits per heavy atom. The van der Waals surface area contributed by atoms with E-state index >= 15 is 0 Å². The quantitative estimate of drug-likeness (QED) is 0.874. The van der Waals surface area contributed by atoms with Crippen molar-refractivity contribution in [3.05, 3.63) is 65.7 Å². The average molecular weight is 283 g/mol. The topological polar surface area (TPSA) is 55.4 Å². The molecule has 0 heterocycles. The number of carbonyl (C=O) groups is 2. The Bertz CT molecular complexity index is 618. The number of amides is 1. The van der Waals surface area contributed by atoms with E-state index in [1.54, 1.807) is 38.1 Å². The summed E-state index contributed by atoms with van der Waals surface area (Å²) in [6.07, 6.45) is -0.168. The van der Waals surface area contributed by atoms with Crippen LogP contribution < -0.4 is 5.32 Å². The lowest BCUT2D eigenvalue weighted by Gasteiger charge is -2.08. The van der Waals surface area contributed by atoms with Gasteiger partial charge in [0.1, 0.15) is 0 Å². The number of carbonyl (C=O) groups excluding carboxylic acids is 2. The minimum Gasteiger partial charge on any atom is -0.459 e. The van der Waals surface area contributed by atoms with Gasteiger partial charge in [0, 0.05) is 11.3 Å². The van der Waals surface area contributed by atoms with Gasteiger partial charge in [-0.05, 0) is 50.2 Å². The number of hydrogen-bond donors (Lipinski definition) is 1. The molecule has 0 spiro atoms. The van der Waals surface area contributed by atoms with Crippen LogP contribution in [0, 0.1) is 0 Å². The molecule has 108 valence electrons. The van der Waals surface area contributed by atoms with Gasteiger partial charge in [-0.15, -0.1) is 0 Å². The normalized spacial score (nSPS) is 10.2. The van der Waals surface area contributed by atoms with E-state index in [1.165, 1.54) is 0 Å². The van der Waals surface area contributed by atoms with E-state index < -0.39 is 0 Å². The monoisotopic (exact) mass is 283 g/mol. The lowest BCUT2D eigenvalue weighted by Crippen LogP contribution is -2.14. The van der Waals surface area contributed by atoms with Crippen LogP contribution in [0.1, 0.15) is 34.6 Å². The van der Waals surface area contributed by atoms with E-state index in [4.69, 9.17) is 4.74 Å². The van der Waals surface area contributed by atoms with Crippen molar-refractivity contribution >= 4 is 17.6 Å². The fourth-order valence-corrected chi connectivity index (χ4v) is 1.76. The number of para-hydroxylation sites is 1. The molecule has 2 aromatic rings. The molecular formula is C17H17NO3. The maximum absolute atomic E-state index is 12.0. The Morgan fingerprint density at radius 3 is 2.05 bits per heavy atom. The summed E-state index contributed by atoms with van der Waals surface area (Å²) in [5.41, 5.74) is 1.64. The number of nitrogens with one attached hydrogen (secondary N) is 1. The van der Waals surface area contributed by atoms with Crippen LogP contribution >= 0.6 is 0 Å².